The topological polar surface area (TPSA) is 20.2 Å². The molecule has 0 aliphatic carbocycles. The van der Waals surface area contributed by atoms with E-state index in [1.807, 2.05) is 12.1 Å². The van der Waals surface area contributed by atoms with Gasteiger partial charge in [0.25, 0.3) is 0 Å². The third-order valence-electron chi connectivity index (χ3n) is 3.81. The monoisotopic (exact) mass is 300 g/mol. The number of hydrogen-bond donors (Lipinski definition) is 1. The standard InChI is InChI=1S/C21H32O/c1-2-3-4-5-6-7-8-9-10-11-12-13-14-16-20-17-15-18-21(22)19-20/h9-10,14-19,22H,2-8,11-13H2,1H3/b10-9+,16-14+. The molecule has 0 radical (unpaired) electrons. The number of allylic oxidation sites excluding steroid dienone is 3. The predicted molar refractivity (Wildman–Crippen MR) is 98.1 cm³/mol. The van der Waals surface area contributed by atoms with E-state index >= 15 is 0 Å². The minimum absolute atomic E-state index is 0.333. The van der Waals surface area contributed by atoms with E-state index in [2.05, 4.69) is 31.2 Å². The molecule has 1 N–H and O–H groups in total. The maximum absolute atomic E-state index is 9.37. The highest BCUT2D eigenvalue weighted by Gasteiger charge is 1.89. The van der Waals surface area contributed by atoms with E-state index in [1.54, 1.807) is 12.1 Å². The van der Waals surface area contributed by atoms with Gasteiger partial charge in [-0.25, -0.2) is 0 Å². The highest BCUT2D eigenvalue weighted by Crippen LogP contribution is 2.13. The second-order valence-electron chi connectivity index (χ2n) is 5.96. The first kappa shape index (κ1) is 18.5. The first-order valence-electron chi connectivity index (χ1n) is 8.93. The van der Waals surface area contributed by atoms with Gasteiger partial charge in [0.05, 0.1) is 0 Å². The van der Waals surface area contributed by atoms with Crippen molar-refractivity contribution in [2.45, 2.75) is 71.1 Å². The Bertz CT molecular complexity index is 431. The first-order valence-corrected chi connectivity index (χ1v) is 8.93. The van der Waals surface area contributed by atoms with Gasteiger partial charge >= 0.3 is 0 Å². The molecule has 1 rings (SSSR count). The van der Waals surface area contributed by atoms with E-state index in [0.717, 1.165) is 12.0 Å². The summed E-state index contributed by atoms with van der Waals surface area (Å²) in [6, 6.07) is 7.37. The van der Waals surface area contributed by atoms with Crippen molar-refractivity contribution < 1.29 is 5.11 Å². The molecule has 1 nitrogen and oxygen atoms in total. The summed E-state index contributed by atoms with van der Waals surface area (Å²) in [5, 5.41) is 9.37. The maximum Gasteiger partial charge on any atom is 0.116 e. The Kier molecular flexibility index (Phi) is 11.1. The van der Waals surface area contributed by atoms with Crippen molar-refractivity contribution in [3.05, 3.63) is 48.1 Å². The van der Waals surface area contributed by atoms with Crippen molar-refractivity contribution in [3.63, 3.8) is 0 Å². The molecular formula is C21H32O. The number of phenolic OH excluding ortho intramolecular Hbond substituents is 1. The zero-order valence-corrected chi connectivity index (χ0v) is 14.1. The Labute approximate surface area is 136 Å². The smallest absolute Gasteiger partial charge is 0.116 e. The Morgan fingerprint density at radius 3 is 2.27 bits per heavy atom. The molecule has 0 bridgehead atoms. The van der Waals surface area contributed by atoms with Crippen molar-refractivity contribution >= 4 is 6.08 Å². The largest absolute Gasteiger partial charge is 0.508 e. The summed E-state index contributed by atoms with van der Waals surface area (Å²) in [5.41, 5.74) is 1.07. The van der Waals surface area contributed by atoms with Crippen LogP contribution in [0.4, 0.5) is 0 Å². The zero-order chi connectivity index (χ0) is 15.9. The molecular weight excluding hydrogens is 268 g/mol. The molecule has 122 valence electrons. The fourth-order valence-electron chi connectivity index (χ4n) is 2.48. The van der Waals surface area contributed by atoms with Gasteiger partial charge in [0.15, 0.2) is 0 Å². The van der Waals surface area contributed by atoms with Crippen LogP contribution in [0.25, 0.3) is 6.08 Å². The van der Waals surface area contributed by atoms with Crippen molar-refractivity contribution in [1.82, 2.24) is 0 Å². The van der Waals surface area contributed by atoms with Gasteiger partial charge in [-0.1, -0.05) is 75.5 Å². The molecule has 0 atom stereocenters. The van der Waals surface area contributed by atoms with E-state index in [0.29, 0.717) is 5.75 Å². The van der Waals surface area contributed by atoms with E-state index in [-0.39, 0.29) is 0 Å². The number of benzene rings is 1. The number of aromatic hydroxyl groups is 1. The van der Waals surface area contributed by atoms with Crippen LogP contribution in [0.2, 0.25) is 0 Å². The normalized spacial score (nSPS) is 11.7. The lowest BCUT2D eigenvalue weighted by Crippen LogP contribution is -1.77. The van der Waals surface area contributed by atoms with Gasteiger partial charge < -0.3 is 5.11 Å². The lowest BCUT2D eigenvalue weighted by Gasteiger charge is -1.97. The summed E-state index contributed by atoms with van der Waals surface area (Å²) in [7, 11) is 0. The molecule has 1 aromatic carbocycles. The predicted octanol–water partition coefficient (Wildman–Crippen LogP) is 6.88. The molecule has 0 aliphatic rings. The molecule has 0 unspecified atom stereocenters. The van der Waals surface area contributed by atoms with Crippen LogP contribution in [0.5, 0.6) is 5.75 Å². The molecule has 0 fully saturated rings. The third kappa shape index (κ3) is 10.3. The highest BCUT2D eigenvalue weighted by molar-refractivity contribution is 5.51. The SMILES string of the molecule is CCCCCCCC/C=C/CCC/C=C/c1cccc(O)c1. The van der Waals surface area contributed by atoms with Crippen LogP contribution in [-0.2, 0) is 0 Å². The third-order valence-corrected chi connectivity index (χ3v) is 3.81. The van der Waals surface area contributed by atoms with E-state index in [9.17, 15) is 5.11 Å². The van der Waals surface area contributed by atoms with E-state index < -0.39 is 0 Å². The van der Waals surface area contributed by atoms with Gasteiger partial charge in [0.2, 0.25) is 0 Å². The Morgan fingerprint density at radius 2 is 1.50 bits per heavy atom. The molecule has 22 heavy (non-hydrogen) atoms. The van der Waals surface area contributed by atoms with Crippen LogP contribution in [0, 0.1) is 0 Å². The van der Waals surface area contributed by atoms with Crippen LogP contribution < -0.4 is 0 Å². The van der Waals surface area contributed by atoms with Gasteiger partial charge in [-0.2, -0.15) is 0 Å². The lowest BCUT2D eigenvalue weighted by molar-refractivity contribution is 0.475. The Morgan fingerprint density at radius 1 is 0.818 bits per heavy atom. The molecule has 0 spiro atoms. The lowest BCUT2D eigenvalue weighted by atomic mass is 10.1. The molecule has 0 amide bonds. The van der Waals surface area contributed by atoms with Crippen molar-refractivity contribution in [1.29, 1.82) is 0 Å². The average Bonchev–Trinajstić information content (AvgIpc) is 2.52. The summed E-state index contributed by atoms with van der Waals surface area (Å²) in [6.45, 7) is 2.27. The summed E-state index contributed by atoms with van der Waals surface area (Å²) >= 11 is 0. The molecule has 1 aromatic rings. The second-order valence-corrected chi connectivity index (χ2v) is 5.96. The van der Waals surface area contributed by atoms with Crippen molar-refractivity contribution in [2.24, 2.45) is 0 Å². The molecule has 0 heterocycles. The van der Waals surface area contributed by atoms with E-state index in [1.165, 1.54) is 57.8 Å². The molecule has 0 aliphatic heterocycles. The molecule has 1 heteroatoms. The van der Waals surface area contributed by atoms with Crippen LogP contribution in [-0.4, -0.2) is 5.11 Å². The quantitative estimate of drug-likeness (QED) is 0.329. The number of phenols is 1. The molecule has 0 saturated carbocycles. The summed E-state index contributed by atoms with van der Waals surface area (Å²) in [6.07, 6.45) is 21.9. The van der Waals surface area contributed by atoms with Gasteiger partial charge in [-0.05, 0) is 49.8 Å². The Balaban J connectivity index is 1.95. The van der Waals surface area contributed by atoms with Gasteiger partial charge in [-0.3, -0.25) is 0 Å². The highest BCUT2D eigenvalue weighted by atomic mass is 16.3. The Hall–Kier alpha value is -1.50. The van der Waals surface area contributed by atoms with Gasteiger partial charge in [0.1, 0.15) is 5.75 Å². The number of hydrogen-bond acceptors (Lipinski definition) is 1. The van der Waals surface area contributed by atoms with Crippen LogP contribution in [0.15, 0.2) is 42.5 Å². The van der Waals surface area contributed by atoms with Crippen LogP contribution >= 0.6 is 0 Å². The molecule has 0 aromatic heterocycles. The fourth-order valence-corrected chi connectivity index (χ4v) is 2.48. The fraction of sp³-hybridized carbons (Fsp3) is 0.524. The zero-order valence-electron chi connectivity index (χ0n) is 14.1. The molecule has 0 saturated heterocycles. The number of unbranched alkanes of at least 4 members (excludes halogenated alkanes) is 8. The van der Waals surface area contributed by atoms with E-state index in [4.69, 9.17) is 0 Å². The number of rotatable bonds is 12. The summed E-state index contributed by atoms with van der Waals surface area (Å²) < 4.78 is 0. The van der Waals surface area contributed by atoms with Crippen molar-refractivity contribution in [3.8, 4) is 5.75 Å². The minimum Gasteiger partial charge on any atom is -0.508 e. The van der Waals surface area contributed by atoms with Crippen LogP contribution in [0.3, 0.4) is 0 Å². The summed E-state index contributed by atoms with van der Waals surface area (Å²) in [5.74, 6) is 0.333. The van der Waals surface area contributed by atoms with Gasteiger partial charge in [-0.15, -0.1) is 0 Å². The van der Waals surface area contributed by atoms with Crippen LogP contribution in [0.1, 0.15) is 76.7 Å². The van der Waals surface area contributed by atoms with Crippen molar-refractivity contribution in [2.75, 3.05) is 0 Å². The summed E-state index contributed by atoms with van der Waals surface area (Å²) in [4.78, 5) is 0. The average molecular weight is 300 g/mol. The van der Waals surface area contributed by atoms with Gasteiger partial charge in [0, 0.05) is 0 Å². The first-order chi connectivity index (χ1) is 10.8. The minimum atomic E-state index is 0.333. The maximum atomic E-state index is 9.37. The second kappa shape index (κ2) is 13.2.